The van der Waals surface area contributed by atoms with Crippen molar-refractivity contribution in [3.63, 3.8) is 0 Å². The van der Waals surface area contributed by atoms with Crippen molar-refractivity contribution < 1.29 is 9.90 Å². The van der Waals surface area contributed by atoms with Crippen LogP contribution in [-0.4, -0.2) is 11.1 Å². The van der Waals surface area contributed by atoms with Crippen molar-refractivity contribution in [2.24, 2.45) is 0 Å². The minimum absolute atomic E-state index is 0.350. The van der Waals surface area contributed by atoms with E-state index in [9.17, 15) is 4.79 Å². The van der Waals surface area contributed by atoms with E-state index in [4.69, 9.17) is 16.7 Å². The van der Waals surface area contributed by atoms with Gasteiger partial charge in [-0.1, -0.05) is 35.9 Å². The van der Waals surface area contributed by atoms with Crippen molar-refractivity contribution in [2.45, 2.75) is 18.8 Å². The maximum atomic E-state index is 10.6. The van der Waals surface area contributed by atoms with E-state index in [2.05, 4.69) is 0 Å². The van der Waals surface area contributed by atoms with Crippen LogP contribution in [0.2, 0.25) is 5.02 Å². The number of aliphatic carboxylic acids is 1. The topological polar surface area (TPSA) is 37.3 Å². The smallest absolute Gasteiger partial charge is 0.328 e. The Morgan fingerprint density at radius 1 is 1.35 bits per heavy atom. The predicted octanol–water partition coefficient (Wildman–Crippen LogP) is 3.78. The fourth-order valence-corrected chi connectivity index (χ4v) is 2.20. The van der Waals surface area contributed by atoms with E-state index >= 15 is 0 Å². The number of carboxylic acids is 1. The Balaban J connectivity index is 2.17. The summed E-state index contributed by atoms with van der Waals surface area (Å²) < 4.78 is 0. The number of hydrogen-bond donors (Lipinski definition) is 1. The van der Waals surface area contributed by atoms with Crippen LogP contribution in [0.1, 0.15) is 24.3 Å². The molecule has 0 fully saturated rings. The Morgan fingerprint density at radius 3 is 2.71 bits per heavy atom. The van der Waals surface area contributed by atoms with Gasteiger partial charge in [-0.15, -0.1) is 0 Å². The second kappa shape index (κ2) is 5.19. The molecule has 0 aliphatic heterocycles. The third-order valence-corrected chi connectivity index (χ3v) is 3.14. The van der Waals surface area contributed by atoms with Gasteiger partial charge in [0.2, 0.25) is 0 Å². The molecular formula is C14H13ClO2. The molecule has 0 radical (unpaired) electrons. The molecule has 3 heteroatoms. The van der Waals surface area contributed by atoms with E-state index in [0.717, 1.165) is 23.4 Å². The molecule has 1 N–H and O–H groups in total. The number of hydrogen-bond acceptors (Lipinski definition) is 1. The van der Waals surface area contributed by atoms with Crippen LogP contribution >= 0.6 is 11.6 Å². The highest BCUT2D eigenvalue weighted by molar-refractivity contribution is 6.30. The average Bonchev–Trinajstić information content (AvgIpc) is 2.29. The lowest BCUT2D eigenvalue weighted by Gasteiger charge is -2.20. The lowest BCUT2D eigenvalue weighted by atomic mass is 9.85. The second-order valence-electron chi connectivity index (χ2n) is 4.15. The van der Waals surface area contributed by atoms with Crippen LogP contribution in [0, 0.1) is 0 Å². The normalized spacial score (nSPS) is 21.7. The molecule has 1 atom stereocenters. The molecule has 88 valence electrons. The lowest BCUT2D eigenvalue weighted by Crippen LogP contribution is -2.04. The summed E-state index contributed by atoms with van der Waals surface area (Å²) in [6.45, 7) is 0. The van der Waals surface area contributed by atoms with E-state index < -0.39 is 5.97 Å². The summed E-state index contributed by atoms with van der Waals surface area (Å²) in [5, 5.41) is 9.45. The summed E-state index contributed by atoms with van der Waals surface area (Å²) >= 11 is 5.85. The number of carbonyl (C=O) groups is 1. The number of allylic oxidation sites excluding steroid dienone is 3. The Hall–Kier alpha value is -1.54. The van der Waals surface area contributed by atoms with Crippen LogP contribution in [0.15, 0.2) is 48.1 Å². The van der Waals surface area contributed by atoms with E-state index in [1.807, 2.05) is 36.4 Å². The molecule has 1 aliphatic rings. The summed E-state index contributed by atoms with van der Waals surface area (Å²) in [6.07, 6.45) is 6.90. The van der Waals surface area contributed by atoms with Gasteiger partial charge in [0, 0.05) is 11.1 Å². The van der Waals surface area contributed by atoms with E-state index in [-0.39, 0.29) is 0 Å². The molecule has 0 saturated carbocycles. The van der Waals surface area contributed by atoms with Crippen molar-refractivity contribution in [1.29, 1.82) is 0 Å². The first-order valence-electron chi connectivity index (χ1n) is 5.50. The molecule has 1 aromatic rings. The molecule has 2 nitrogen and oxygen atoms in total. The first-order chi connectivity index (χ1) is 8.15. The number of rotatable bonds is 2. The van der Waals surface area contributed by atoms with E-state index in [0.29, 0.717) is 5.92 Å². The zero-order valence-corrected chi connectivity index (χ0v) is 10.0. The van der Waals surface area contributed by atoms with Gasteiger partial charge in [-0.2, -0.15) is 0 Å². The molecule has 0 spiro atoms. The van der Waals surface area contributed by atoms with Crippen LogP contribution in [0.5, 0.6) is 0 Å². The fraction of sp³-hybridized carbons (Fsp3) is 0.214. The van der Waals surface area contributed by atoms with Crippen molar-refractivity contribution in [3.8, 4) is 0 Å². The standard InChI is InChI=1S/C14H13ClO2/c15-13-6-4-11(5-7-13)12-3-1-2-10(8-12)9-14(16)17/h1-2,4-7,9,12H,3,8H2,(H,16,17)/b10-9+/t12-/m1/s1. The highest BCUT2D eigenvalue weighted by atomic mass is 35.5. The van der Waals surface area contributed by atoms with E-state index in [1.54, 1.807) is 0 Å². The molecule has 0 heterocycles. The number of carboxylic acid groups (broad SMARTS) is 1. The zero-order valence-electron chi connectivity index (χ0n) is 9.27. The average molecular weight is 249 g/mol. The molecule has 1 aromatic carbocycles. The van der Waals surface area contributed by atoms with Crippen molar-refractivity contribution in [1.82, 2.24) is 0 Å². The van der Waals surface area contributed by atoms with Gasteiger partial charge in [0.1, 0.15) is 0 Å². The fourth-order valence-electron chi connectivity index (χ4n) is 2.07. The molecule has 0 saturated heterocycles. The quantitative estimate of drug-likeness (QED) is 0.809. The summed E-state index contributed by atoms with van der Waals surface area (Å²) in [7, 11) is 0. The van der Waals surface area contributed by atoms with Gasteiger partial charge in [0.15, 0.2) is 0 Å². The van der Waals surface area contributed by atoms with Crippen LogP contribution < -0.4 is 0 Å². The molecule has 17 heavy (non-hydrogen) atoms. The first kappa shape index (κ1) is 11.9. The van der Waals surface area contributed by atoms with Gasteiger partial charge in [0.05, 0.1) is 0 Å². The third-order valence-electron chi connectivity index (χ3n) is 2.88. The molecular weight excluding hydrogens is 236 g/mol. The molecule has 1 aliphatic carbocycles. The largest absolute Gasteiger partial charge is 0.478 e. The minimum Gasteiger partial charge on any atom is -0.478 e. The highest BCUT2D eigenvalue weighted by Crippen LogP contribution is 2.32. The summed E-state index contributed by atoms with van der Waals surface area (Å²) in [4.78, 5) is 10.6. The summed E-state index contributed by atoms with van der Waals surface area (Å²) in [6, 6.07) is 7.75. The maximum Gasteiger partial charge on any atom is 0.328 e. The van der Waals surface area contributed by atoms with Gasteiger partial charge in [-0.05, 0) is 42.0 Å². The Bertz CT molecular complexity index is 472. The SMILES string of the molecule is O=C(O)/C=C1\C=CC[C@@H](c2ccc(Cl)cc2)C1. The molecule has 0 bridgehead atoms. The molecule has 0 unspecified atom stereocenters. The summed E-state index contributed by atoms with van der Waals surface area (Å²) in [5.41, 5.74) is 2.07. The zero-order chi connectivity index (χ0) is 12.3. The molecule has 0 aromatic heterocycles. The second-order valence-corrected chi connectivity index (χ2v) is 4.58. The third kappa shape index (κ3) is 3.21. The molecule has 2 rings (SSSR count). The highest BCUT2D eigenvalue weighted by Gasteiger charge is 2.15. The van der Waals surface area contributed by atoms with Crippen LogP contribution in [0.4, 0.5) is 0 Å². The number of halogens is 1. The Labute approximate surface area is 105 Å². The van der Waals surface area contributed by atoms with Crippen LogP contribution in [-0.2, 0) is 4.79 Å². The van der Waals surface area contributed by atoms with Gasteiger partial charge in [0.25, 0.3) is 0 Å². The monoisotopic (exact) mass is 248 g/mol. The van der Waals surface area contributed by atoms with Gasteiger partial charge < -0.3 is 5.11 Å². The number of benzene rings is 1. The van der Waals surface area contributed by atoms with Gasteiger partial charge in [-0.25, -0.2) is 4.79 Å². The Kier molecular flexibility index (Phi) is 3.64. The predicted molar refractivity (Wildman–Crippen MR) is 68.3 cm³/mol. The maximum absolute atomic E-state index is 10.6. The van der Waals surface area contributed by atoms with Crippen molar-refractivity contribution >= 4 is 17.6 Å². The summed E-state index contributed by atoms with van der Waals surface area (Å²) in [5.74, 6) is -0.538. The van der Waals surface area contributed by atoms with Gasteiger partial charge >= 0.3 is 5.97 Å². The minimum atomic E-state index is -0.888. The van der Waals surface area contributed by atoms with Crippen LogP contribution in [0.25, 0.3) is 0 Å². The van der Waals surface area contributed by atoms with Crippen molar-refractivity contribution in [2.75, 3.05) is 0 Å². The lowest BCUT2D eigenvalue weighted by molar-refractivity contribution is -0.131. The van der Waals surface area contributed by atoms with E-state index in [1.165, 1.54) is 11.6 Å². The van der Waals surface area contributed by atoms with Gasteiger partial charge in [-0.3, -0.25) is 0 Å². The molecule has 0 amide bonds. The van der Waals surface area contributed by atoms with Crippen molar-refractivity contribution in [3.05, 3.63) is 58.7 Å². The Morgan fingerprint density at radius 2 is 2.06 bits per heavy atom. The van der Waals surface area contributed by atoms with Crippen LogP contribution in [0.3, 0.4) is 0 Å². The first-order valence-corrected chi connectivity index (χ1v) is 5.88.